The van der Waals surface area contributed by atoms with Crippen LogP contribution in [-0.4, -0.2) is 18.1 Å². The van der Waals surface area contributed by atoms with Crippen molar-refractivity contribution in [2.45, 2.75) is 25.9 Å². The summed E-state index contributed by atoms with van der Waals surface area (Å²) in [5.74, 6) is 0. The molecule has 0 unspecified atom stereocenters. The fourth-order valence-corrected chi connectivity index (χ4v) is 3.16. The van der Waals surface area contributed by atoms with Crippen LogP contribution in [0.15, 0.2) is 35.8 Å². The SMILES string of the molecule is c1ccc(N2CCCC2)c(CNCc2nccs2)c1. The van der Waals surface area contributed by atoms with Crippen molar-refractivity contribution in [2.24, 2.45) is 0 Å². The molecule has 0 saturated carbocycles. The van der Waals surface area contributed by atoms with Gasteiger partial charge in [-0.25, -0.2) is 4.98 Å². The maximum absolute atomic E-state index is 4.29. The number of nitrogens with one attached hydrogen (secondary N) is 1. The Hall–Kier alpha value is -1.39. The van der Waals surface area contributed by atoms with Gasteiger partial charge >= 0.3 is 0 Å². The van der Waals surface area contributed by atoms with Crippen molar-refractivity contribution in [1.82, 2.24) is 10.3 Å². The second-order valence-electron chi connectivity index (χ2n) is 4.85. The maximum Gasteiger partial charge on any atom is 0.106 e. The van der Waals surface area contributed by atoms with Crippen LogP contribution < -0.4 is 10.2 Å². The van der Waals surface area contributed by atoms with E-state index in [1.807, 2.05) is 11.6 Å². The third-order valence-corrected chi connectivity index (χ3v) is 4.29. The maximum atomic E-state index is 4.29. The molecule has 2 heterocycles. The van der Waals surface area contributed by atoms with Gasteiger partial charge in [-0.3, -0.25) is 0 Å². The molecule has 1 saturated heterocycles. The molecule has 1 N–H and O–H groups in total. The van der Waals surface area contributed by atoms with E-state index in [2.05, 4.69) is 39.5 Å². The molecule has 0 radical (unpaired) electrons. The molecule has 4 heteroatoms. The van der Waals surface area contributed by atoms with Crippen LogP contribution in [0.4, 0.5) is 5.69 Å². The van der Waals surface area contributed by atoms with Gasteiger partial charge in [-0.2, -0.15) is 0 Å². The van der Waals surface area contributed by atoms with Crippen molar-refractivity contribution in [1.29, 1.82) is 0 Å². The fourth-order valence-electron chi connectivity index (χ4n) is 2.57. The predicted molar refractivity (Wildman–Crippen MR) is 80.5 cm³/mol. The van der Waals surface area contributed by atoms with E-state index in [1.165, 1.54) is 37.2 Å². The van der Waals surface area contributed by atoms with E-state index in [0.717, 1.165) is 18.1 Å². The van der Waals surface area contributed by atoms with Gasteiger partial charge in [0, 0.05) is 43.4 Å². The van der Waals surface area contributed by atoms with Crippen molar-refractivity contribution in [3.63, 3.8) is 0 Å². The summed E-state index contributed by atoms with van der Waals surface area (Å²) >= 11 is 1.70. The zero-order valence-corrected chi connectivity index (χ0v) is 11.8. The molecule has 1 aliphatic heterocycles. The summed E-state index contributed by atoms with van der Waals surface area (Å²) in [5.41, 5.74) is 2.78. The lowest BCUT2D eigenvalue weighted by molar-refractivity contribution is 0.688. The van der Waals surface area contributed by atoms with E-state index < -0.39 is 0 Å². The largest absolute Gasteiger partial charge is 0.371 e. The van der Waals surface area contributed by atoms with Crippen molar-refractivity contribution < 1.29 is 0 Å². The molecule has 0 spiro atoms. The average molecular weight is 273 g/mol. The molecule has 1 aromatic heterocycles. The summed E-state index contributed by atoms with van der Waals surface area (Å²) in [4.78, 5) is 6.79. The Bertz CT molecular complexity index is 504. The van der Waals surface area contributed by atoms with E-state index in [1.54, 1.807) is 11.3 Å². The number of nitrogens with zero attached hydrogens (tertiary/aromatic N) is 2. The van der Waals surface area contributed by atoms with Crippen molar-refractivity contribution in [3.05, 3.63) is 46.4 Å². The summed E-state index contributed by atoms with van der Waals surface area (Å²) in [6, 6.07) is 8.73. The highest BCUT2D eigenvalue weighted by Gasteiger charge is 2.14. The minimum atomic E-state index is 0.853. The second kappa shape index (κ2) is 6.17. The smallest absolute Gasteiger partial charge is 0.106 e. The molecule has 19 heavy (non-hydrogen) atoms. The molecule has 100 valence electrons. The Morgan fingerprint density at radius 1 is 1.16 bits per heavy atom. The normalized spacial score (nSPS) is 15.1. The van der Waals surface area contributed by atoms with Crippen molar-refractivity contribution in [2.75, 3.05) is 18.0 Å². The van der Waals surface area contributed by atoms with Crippen molar-refractivity contribution >= 4 is 17.0 Å². The highest BCUT2D eigenvalue weighted by molar-refractivity contribution is 7.09. The number of hydrogen-bond acceptors (Lipinski definition) is 4. The lowest BCUT2D eigenvalue weighted by Gasteiger charge is -2.21. The van der Waals surface area contributed by atoms with Gasteiger partial charge in [-0.15, -0.1) is 11.3 Å². The number of thiazole rings is 1. The molecule has 3 nitrogen and oxygen atoms in total. The first-order valence-electron chi connectivity index (χ1n) is 6.85. The van der Waals surface area contributed by atoms with Crippen LogP contribution in [0.25, 0.3) is 0 Å². The number of rotatable bonds is 5. The number of hydrogen-bond donors (Lipinski definition) is 1. The number of benzene rings is 1. The molecule has 0 bridgehead atoms. The fraction of sp³-hybridized carbons (Fsp3) is 0.400. The van der Waals surface area contributed by atoms with Crippen LogP contribution in [0.2, 0.25) is 0 Å². The van der Waals surface area contributed by atoms with Gasteiger partial charge in [0.25, 0.3) is 0 Å². The molecular formula is C15H19N3S. The van der Waals surface area contributed by atoms with Gasteiger partial charge in [0.15, 0.2) is 0 Å². The van der Waals surface area contributed by atoms with Crippen LogP contribution in [-0.2, 0) is 13.1 Å². The second-order valence-corrected chi connectivity index (χ2v) is 5.83. The van der Waals surface area contributed by atoms with Gasteiger partial charge in [0.05, 0.1) is 0 Å². The Morgan fingerprint density at radius 2 is 2.00 bits per heavy atom. The first kappa shape index (κ1) is 12.6. The van der Waals surface area contributed by atoms with Crippen molar-refractivity contribution in [3.8, 4) is 0 Å². The number of para-hydroxylation sites is 1. The van der Waals surface area contributed by atoms with Crippen LogP contribution in [0.3, 0.4) is 0 Å². The zero-order valence-electron chi connectivity index (χ0n) is 11.0. The summed E-state index contributed by atoms with van der Waals surface area (Å²) in [6.07, 6.45) is 4.50. The van der Waals surface area contributed by atoms with E-state index in [0.29, 0.717) is 0 Å². The van der Waals surface area contributed by atoms with E-state index in [9.17, 15) is 0 Å². The minimum absolute atomic E-state index is 0.853. The van der Waals surface area contributed by atoms with Crippen LogP contribution in [0.5, 0.6) is 0 Å². The highest BCUT2D eigenvalue weighted by atomic mass is 32.1. The third kappa shape index (κ3) is 3.14. The quantitative estimate of drug-likeness (QED) is 0.907. The first-order valence-corrected chi connectivity index (χ1v) is 7.73. The summed E-state index contributed by atoms with van der Waals surface area (Å²) in [6.45, 7) is 4.16. The Labute approximate surface area is 118 Å². The number of aromatic nitrogens is 1. The molecule has 2 aromatic rings. The summed E-state index contributed by atoms with van der Waals surface area (Å²) < 4.78 is 0. The van der Waals surface area contributed by atoms with Gasteiger partial charge in [0.2, 0.25) is 0 Å². The molecule has 1 fully saturated rings. The Morgan fingerprint density at radius 3 is 2.79 bits per heavy atom. The van der Waals surface area contributed by atoms with Gasteiger partial charge in [-0.1, -0.05) is 18.2 Å². The highest BCUT2D eigenvalue weighted by Crippen LogP contribution is 2.24. The molecule has 0 aliphatic carbocycles. The Balaban J connectivity index is 1.63. The van der Waals surface area contributed by atoms with E-state index >= 15 is 0 Å². The summed E-state index contributed by atoms with van der Waals surface area (Å²) in [7, 11) is 0. The van der Waals surface area contributed by atoms with E-state index in [-0.39, 0.29) is 0 Å². The standard InChI is InChI=1S/C15H19N3S/c1-2-6-14(18-8-3-4-9-18)13(5-1)11-16-12-15-17-7-10-19-15/h1-2,5-7,10,16H,3-4,8-9,11-12H2. The zero-order chi connectivity index (χ0) is 12.9. The Kier molecular flexibility index (Phi) is 4.10. The molecule has 0 amide bonds. The van der Waals surface area contributed by atoms with Crippen LogP contribution in [0, 0.1) is 0 Å². The molecule has 1 aromatic carbocycles. The van der Waals surface area contributed by atoms with Crippen LogP contribution in [0.1, 0.15) is 23.4 Å². The van der Waals surface area contributed by atoms with Crippen LogP contribution >= 0.6 is 11.3 Å². The molecular weight excluding hydrogens is 254 g/mol. The first-order chi connectivity index (χ1) is 9.43. The van der Waals surface area contributed by atoms with Gasteiger partial charge < -0.3 is 10.2 Å². The lowest BCUT2D eigenvalue weighted by Crippen LogP contribution is -2.21. The topological polar surface area (TPSA) is 28.2 Å². The molecule has 1 aliphatic rings. The van der Waals surface area contributed by atoms with Gasteiger partial charge in [0.1, 0.15) is 5.01 Å². The average Bonchev–Trinajstić information content (AvgIpc) is 3.12. The lowest BCUT2D eigenvalue weighted by atomic mass is 10.1. The number of anilines is 1. The summed E-state index contributed by atoms with van der Waals surface area (Å²) in [5, 5.41) is 6.66. The van der Waals surface area contributed by atoms with Gasteiger partial charge in [-0.05, 0) is 24.5 Å². The van der Waals surface area contributed by atoms with E-state index in [4.69, 9.17) is 0 Å². The monoisotopic (exact) mass is 273 g/mol. The predicted octanol–water partition coefficient (Wildman–Crippen LogP) is 3.03. The molecule has 3 rings (SSSR count). The molecule has 0 atom stereocenters. The minimum Gasteiger partial charge on any atom is -0.371 e. The third-order valence-electron chi connectivity index (χ3n) is 3.51.